The molecule has 176 valence electrons. The Bertz CT molecular complexity index is 1140. The van der Waals surface area contributed by atoms with E-state index in [0.717, 1.165) is 11.0 Å². The summed E-state index contributed by atoms with van der Waals surface area (Å²) in [4.78, 5) is 66.9. The van der Waals surface area contributed by atoms with Gasteiger partial charge in [-0.25, -0.2) is 0 Å². The minimum Gasteiger partial charge on any atom is -0.353 e. The van der Waals surface area contributed by atoms with Gasteiger partial charge < -0.3 is 10.2 Å². The maximum atomic E-state index is 12.5. The predicted molar refractivity (Wildman–Crippen MR) is 119 cm³/mol. The summed E-state index contributed by atoms with van der Waals surface area (Å²) in [5.74, 6) is -1.37. The van der Waals surface area contributed by atoms with Crippen molar-refractivity contribution in [1.82, 2.24) is 20.1 Å². The Morgan fingerprint density at radius 1 is 1.12 bits per heavy atom. The van der Waals surface area contributed by atoms with Crippen LogP contribution < -0.4 is 5.32 Å². The van der Waals surface area contributed by atoms with Crippen LogP contribution in [-0.2, 0) is 4.79 Å². The third-order valence-electron chi connectivity index (χ3n) is 6.01. The summed E-state index contributed by atoms with van der Waals surface area (Å²) in [6.07, 6.45) is 4.81. The summed E-state index contributed by atoms with van der Waals surface area (Å²) < 4.78 is 0. The molecule has 34 heavy (non-hydrogen) atoms. The van der Waals surface area contributed by atoms with Crippen molar-refractivity contribution in [2.24, 2.45) is 0 Å². The summed E-state index contributed by atoms with van der Waals surface area (Å²) in [7, 11) is 0. The maximum Gasteiger partial charge on any atom is 0.270 e. The minimum absolute atomic E-state index is 0.0104. The molecule has 0 bridgehead atoms. The van der Waals surface area contributed by atoms with Crippen molar-refractivity contribution in [2.75, 3.05) is 19.6 Å². The first-order valence-electron chi connectivity index (χ1n) is 11.0. The lowest BCUT2D eigenvalue weighted by molar-refractivity contribution is -0.384. The number of likely N-dealkylation sites (tertiary alicyclic amines) is 1. The average molecular weight is 465 g/mol. The van der Waals surface area contributed by atoms with E-state index in [1.165, 1.54) is 18.3 Å². The number of amides is 4. The van der Waals surface area contributed by atoms with Crippen LogP contribution in [0.25, 0.3) is 0 Å². The zero-order valence-corrected chi connectivity index (χ0v) is 18.3. The fraction of sp³-hybridized carbons (Fsp3) is 0.348. The molecular weight excluding hydrogens is 442 g/mol. The van der Waals surface area contributed by atoms with Crippen LogP contribution in [0.5, 0.6) is 0 Å². The number of pyridine rings is 1. The van der Waals surface area contributed by atoms with Gasteiger partial charge in [0.15, 0.2) is 0 Å². The first-order chi connectivity index (χ1) is 16.3. The number of aromatic nitrogens is 1. The van der Waals surface area contributed by atoms with Crippen LogP contribution in [0.15, 0.2) is 42.7 Å². The first kappa shape index (κ1) is 23.0. The first-order valence-corrected chi connectivity index (χ1v) is 11.0. The molecule has 2 aliphatic heterocycles. The van der Waals surface area contributed by atoms with Gasteiger partial charge in [-0.2, -0.15) is 0 Å². The number of carbonyl (C=O) groups is 4. The molecule has 4 amide bonds. The van der Waals surface area contributed by atoms with Crippen molar-refractivity contribution in [1.29, 1.82) is 0 Å². The van der Waals surface area contributed by atoms with Gasteiger partial charge >= 0.3 is 0 Å². The van der Waals surface area contributed by atoms with Gasteiger partial charge in [-0.05, 0) is 37.5 Å². The van der Waals surface area contributed by atoms with Gasteiger partial charge in [0, 0.05) is 56.6 Å². The number of carbonyl (C=O) groups excluding carboxylic acids is 4. The van der Waals surface area contributed by atoms with Crippen molar-refractivity contribution in [2.45, 2.75) is 31.7 Å². The smallest absolute Gasteiger partial charge is 0.270 e. The molecule has 0 spiro atoms. The third-order valence-corrected chi connectivity index (χ3v) is 6.01. The molecule has 2 aromatic rings. The fourth-order valence-electron chi connectivity index (χ4n) is 4.19. The van der Waals surface area contributed by atoms with Crippen LogP contribution in [0.1, 0.15) is 56.8 Å². The Morgan fingerprint density at radius 3 is 2.53 bits per heavy atom. The zero-order valence-electron chi connectivity index (χ0n) is 18.3. The summed E-state index contributed by atoms with van der Waals surface area (Å²) >= 11 is 0. The van der Waals surface area contributed by atoms with Gasteiger partial charge in [-0.3, -0.25) is 39.2 Å². The van der Waals surface area contributed by atoms with E-state index in [1.54, 1.807) is 23.2 Å². The second-order valence-corrected chi connectivity index (χ2v) is 8.23. The Hall–Kier alpha value is -4.15. The van der Waals surface area contributed by atoms with Gasteiger partial charge in [-0.15, -0.1) is 0 Å². The van der Waals surface area contributed by atoms with Gasteiger partial charge in [0.25, 0.3) is 23.4 Å². The molecule has 11 nitrogen and oxygen atoms in total. The molecule has 1 N–H and O–H groups in total. The number of nitro groups is 1. The Morgan fingerprint density at radius 2 is 1.85 bits per heavy atom. The van der Waals surface area contributed by atoms with E-state index in [4.69, 9.17) is 0 Å². The third kappa shape index (κ3) is 4.77. The number of nitrogens with one attached hydrogen (secondary N) is 1. The molecular formula is C23H23N5O6. The highest BCUT2D eigenvalue weighted by molar-refractivity contribution is 6.21. The monoisotopic (exact) mass is 465 g/mol. The van der Waals surface area contributed by atoms with Gasteiger partial charge in [-0.1, -0.05) is 0 Å². The molecule has 0 aliphatic carbocycles. The topological polar surface area (TPSA) is 143 Å². The van der Waals surface area contributed by atoms with E-state index >= 15 is 0 Å². The van der Waals surface area contributed by atoms with Crippen LogP contribution in [0.3, 0.4) is 0 Å². The summed E-state index contributed by atoms with van der Waals surface area (Å²) in [5, 5.41) is 13.9. The Labute approximate surface area is 194 Å². The van der Waals surface area contributed by atoms with E-state index in [-0.39, 0.29) is 54.1 Å². The van der Waals surface area contributed by atoms with Gasteiger partial charge in [0.2, 0.25) is 5.91 Å². The van der Waals surface area contributed by atoms with E-state index < -0.39 is 16.7 Å². The van der Waals surface area contributed by atoms with E-state index in [9.17, 15) is 29.3 Å². The number of non-ortho nitro benzene ring substituents is 1. The number of nitrogens with zero attached hydrogens (tertiary/aromatic N) is 4. The predicted octanol–water partition coefficient (Wildman–Crippen LogP) is 1.79. The second-order valence-electron chi connectivity index (χ2n) is 8.23. The SMILES string of the molecule is O=C(CCCN1C(=O)c2ccc([N+](=O)[O-])cc2C1=O)NC1CCN(C(=O)c2cccnc2)CC1. The van der Waals surface area contributed by atoms with Crippen molar-refractivity contribution in [3.05, 3.63) is 69.5 Å². The normalized spacial score (nSPS) is 15.9. The number of nitro benzene ring substituents is 1. The van der Waals surface area contributed by atoms with E-state index in [1.807, 2.05) is 0 Å². The molecule has 1 saturated heterocycles. The molecule has 0 unspecified atom stereocenters. The zero-order chi connectivity index (χ0) is 24.2. The lowest BCUT2D eigenvalue weighted by Gasteiger charge is -2.32. The quantitative estimate of drug-likeness (QED) is 0.373. The van der Waals surface area contributed by atoms with Crippen molar-refractivity contribution < 1.29 is 24.1 Å². The molecule has 1 fully saturated rings. The summed E-state index contributed by atoms with van der Waals surface area (Å²) in [6, 6.07) is 6.96. The molecule has 3 heterocycles. The van der Waals surface area contributed by atoms with Gasteiger partial charge in [0.1, 0.15) is 0 Å². The standard InChI is InChI=1S/C23H23N5O6/c29-20(25-16-7-11-26(12-8-16)21(30)15-3-1-9-24-14-15)4-2-10-27-22(31)18-6-5-17(28(33)34)13-19(18)23(27)32/h1,3,5-6,9,13-14,16H,2,4,7-8,10-12H2,(H,25,29). The minimum atomic E-state index is -0.621. The summed E-state index contributed by atoms with van der Waals surface area (Å²) in [5.41, 5.74) is 0.422. The highest BCUT2D eigenvalue weighted by Gasteiger charge is 2.36. The molecule has 0 saturated carbocycles. The number of piperidine rings is 1. The lowest BCUT2D eigenvalue weighted by atomic mass is 10.0. The maximum absolute atomic E-state index is 12.5. The lowest BCUT2D eigenvalue weighted by Crippen LogP contribution is -2.46. The molecule has 1 aromatic heterocycles. The van der Waals surface area contributed by atoms with Crippen LogP contribution >= 0.6 is 0 Å². The number of hydrogen-bond acceptors (Lipinski definition) is 7. The number of rotatable bonds is 7. The fourth-order valence-corrected chi connectivity index (χ4v) is 4.19. The molecule has 2 aliphatic rings. The second kappa shape index (κ2) is 9.77. The van der Waals surface area contributed by atoms with Crippen LogP contribution in [0.4, 0.5) is 5.69 Å². The van der Waals surface area contributed by atoms with E-state index in [2.05, 4.69) is 10.3 Å². The number of hydrogen-bond donors (Lipinski definition) is 1. The number of imide groups is 1. The van der Waals surface area contributed by atoms with Crippen LogP contribution in [-0.4, -0.2) is 69.0 Å². The van der Waals surface area contributed by atoms with Gasteiger partial charge in [0.05, 0.1) is 21.6 Å². The van der Waals surface area contributed by atoms with Crippen molar-refractivity contribution in [3.63, 3.8) is 0 Å². The molecule has 11 heteroatoms. The summed E-state index contributed by atoms with van der Waals surface area (Å²) in [6.45, 7) is 1.10. The highest BCUT2D eigenvalue weighted by atomic mass is 16.6. The molecule has 0 radical (unpaired) electrons. The number of benzene rings is 1. The molecule has 0 atom stereocenters. The van der Waals surface area contributed by atoms with Crippen molar-refractivity contribution in [3.8, 4) is 0 Å². The number of fused-ring (bicyclic) bond motifs is 1. The van der Waals surface area contributed by atoms with Crippen LogP contribution in [0.2, 0.25) is 0 Å². The molecule has 1 aromatic carbocycles. The average Bonchev–Trinajstić information content (AvgIpc) is 3.09. The highest BCUT2D eigenvalue weighted by Crippen LogP contribution is 2.27. The Balaban J connectivity index is 1.22. The van der Waals surface area contributed by atoms with E-state index in [0.29, 0.717) is 31.5 Å². The largest absolute Gasteiger partial charge is 0.353 e. The molecule has 4 rings (SSSR count). The van der Waals surface area contributed by atoms with Crippen molar-refractivity contribution >= 4 is 29.3 Å². The van der Waals surface area contributed by atoms with Crippen LogP contribution in [0, 0.1) is 10.1 Å². The Kier molecular flexibility index (Phi) is 6.62.